The number of carbonyl (C=O) groups excluding carboxylic acids is 1. The number of nitrogens with zero attached hydrogens (tertiary/aromatic N) is 1. The first-order valence-electron chi connectivity index (χ1n) is 6.88. The van der Waals surface area contributed by atoms with Gasteiger partial charge in [0.15, 0.2) is 0 Å². The van der Waals surface area contributed by atoms with E-state index in [4.69, 9.17) is 5.11 Å². The molecule has 0 atom stereocenters. The molecule has 0 radical (unpaired) electrons. The van der Waals surface area contributed by atoms with Crippen LogP contribution in [0.15, 0.2) is 18.2 Å². The summed E-state index contributed by atoms with van der Waals surface area (Å²) in [6.45, 7) is 5.37. The predicted molar refractivity (Wildman–Crippen MR) is 77.0 cm³/mol. The number of halogens is 1. The summed E-state index contributed by atoms with van der Waals surface area (Å²) < 4.78 is 13.6. The fourth-order valence-electron chi connectivity index (χ4n) is 2.64. The van der Waals surface area contributed by atoms with E-state index in [0.717, 1.165) is 18.9 Å². The topological polar surface area (TPSA) is 69.6 Å². The highest BCUT2D eigenvalue weighted by molar-refractivity contribution is 6.00. The van der Waals surface area contributed by atoms with Crippen LogP contribution in [0.5, 0.6) is 0 Å². The van der Waals surface area contributed by atoms with Crippen LogP contribution in [0.4, 0.5) is 14.9 Å². The third-order valence-corrected chi connectivity index (χ3v) is 3.66. The van der Waals surface area contributed by atoms with Gasteiger partial charge in [0.25, 0.3) is 0 Å². The number of likely N-dealkylation sites (tertiary alicyclic amines) is 1. The van der Waals surface area contributed by atoms with Crippen molar-refractivity contribution in [2.24, 2.45) is 5.41 Å². The Kier molecular flexibility index (Phi) is 4.16. The number of aromatic carboxylic acids is 1. The molecule has 0 spiro atoms. The largest absolute Gasteiger partial charge is 0.478 e. The average Bonchev–Trinajstić information content (AvgIpc) is 2.37. The number of nitrogens with one attached hydrogen (secondary N) is 1. The maximum atomic E-state index is 13.6. The first-order chi connectivity index (χ1) is 9.80. The van der Waals surface area contributed by atoms with Gasteiger partial charge in [-0.25, -0.2) is 14.0 Å². The molecule has 21 heavy (non-hydrogen) atoms. The number of rotatable bonds is 2. The zero-order chi connectivity index (χ0) is 15.6. The van der Waals surface area contributed by atoms with Crippen molar-refractivity contribution in [3.63, 3.8) is 0 Å². The minimum atomic E-state index is -1.40. The summed E-state index contributed by atoms with van der Waals surface area (Å²) in [4.78, 5) is 25.0. The average molecular weight is 294 g/mol. The molecule has 2 N–H and O–H groups in total. The molecule has 0 saturated carbocycles. The first kappa shape index (κ1) is 15.3. The van der Waals surface area contributed by atoms with Crippen molar-refractivity contribution in [3.05, 3.63) is 29.6 Å². The van der Waals surface area contributed by atoms with Gasteiger partial charge in [-0.05, 0) is 30.4 Å². The lowest BCUT2D eigenvalue weighted by Gasteiger charge is -2.38. The van der Waals surface area contributed by atoms with Crippen molar-refractivity contribution < 1.29 is 19.1 Å². The van der Waals surface area contributed by atoms with Gasteiger partial charge in [-0.15, -0.1) is 0 Å². The molecular formula is C15H19FN2O3. The minimum absolute atomic E-state index is 0.0177. The summed E-state index contributed by atoms with van der Waals surface area (Å²) in [6.07, 6.45) is 1.94. The quantitative estimate of drug-likeness (QED) is 0.880. The molecule has 114 valence electrons. The highest BCUT2D eigenvalue weighted by atomic mass is 19.1. The van der Waals surface area contributed by atoms with E-state index in [2.05, 4.69) is 19.2 Å². The smallest absolute Gasteiger partial charge is 0.340 e. The number of benzene rings is 1. The number of carboxylic acids is 1. The zero-order valence-electron chi connectivity index (χ0n) is 12.1. The molecule has 2 rings (SSSR count). The fraction of sp³-hybridized carbons (Fsp3) is 0.467. The standard InChI is InChI=1S/C15H19FN2O3/c1-15(2)7-4-8-18(9-15)14(21)17-11-6-3-5-10(16)12(11)13(19)20/h3,5-6H,4,7-9H2,1-2H3,(H,17,21)(H,19,20). The van der Waals surface area contributed by atoms with Crippen molar-refractivity contribution in [1.82, 2.24) is 4.90 Å². The Morgan fingerprint density at radius 1 is 1.38 bits per heavy atom. The van der Waals surface area contributed by atoms with Crippen LogP contribution in [0, 0.1) is 11.2 Å². The Morgan fingerprint density at radius 3 is 2.71 bits per heavy atom. The van der Waals surface area contributed by atoms with Gasteiger partial charge >= 0.3 is 12.0 Å². The second kappa shape index (κ2) is 5.71. The van der Waals surface area contributed by atoms with Gasteiger partial charge in [0.1, 0.15) is 11.4 Å². The number of anilines is 1. The normalized spacial score (nSPS) is 17.4. The van der Waals surface area contributed by atoms with Gasteiger partial charge in [-0.2, -0.15) is 0 Å². The number of hydrogen-bond acceptors (Lipinski definition) is 2. The molecule has 1 heterocycles. The number of amides is 2. The van der Waals surface area contributed by atoms with Crippen LogP contribution in [0.25, 0.3) is 0 Å². The molecule has 1 aromatic rings. The van der Waals surface area contributed by atoms with E-state index >= 15 is 0 Å². The van der Waals surface area contributed by atoms with Crippen molar-refractivity contribution in [2.75, 3.05) is 18.4 Å². The van der Waals surface area contributed by atoms with Crippen molar-refractivity contribution in [3.8, 4) is 0 Å². The predicted octanol–water partition coefficient (Wildman–Crippen LogP) is 3.18. The fourth-order valence-corrected chi connectivity index (χ4v) is 2.64. The molecule has 0 bridgehead atoms. The third-order valence-electron chi connectivity index (χ3n) is 3.66. The lowest BCUT2D eigenvalue weighted by molar-refractivity contribution is 0.0693. The van der Waals surface area contributed by atoms with E-state index in [9.17, 15) is 14.0 Å². The highest BCUT2D eigenvalue weighted by Gasteiger charge is 2.29. The molecule has 6 heteroatoms. The second-order valence-corrected chi connectivity index (χ2v) is 6.09. The molecule has 0 aromatic heterocycles. The zero-order valence-corrected chi connectivity index (χ0v) is 12.1. The van der Waals surface area contributed by atoms with Gasteiger partial charge in [0.05, 0.1) is 5.69 Å². The summed E-state index contributed by atoms with van der Waals surface area (Å²) in [5.41, 5.74) is -0.495. The molecule has 1 aliphatic heterocycles. The Labute approximate surface area is 122 Å². The van der Waals surface area contributed by atoms with Crippen LogP contribution in [-0.4, -0.2) is 35.1 Å². The molecule has 5 nitrogen and oxygen atoms in total. The van der Waals surface area contributed by atoms with Gasteiger partial charge in [0, 0.05) is 13.1 Å². The molecule has 1 aromatic carbocycles. The molecule has 1 saturated heterocycles. The van der Waals surface area contributed by atoms with Gasteiger partial charge < -0.3 is 15.3 Å². The molecule has 1 aliphatic rings. The SMILES string of the molecule is CC1(C)CCCN(C(=O)Nc2cccc(F)c2C(=O)O)C1. The van der Waals surface area contributed by atoms with Crippen LogP contribution in [0.3, 0.4) is 0 Å². The van der Waals surface area contributed by atoms with E-state index in [1.807, 2.05) is 0 Å². The monoisotopic (exact) mass is 294 g/mol. The van der Waals surface area contributed by atoms with Gasteiger partial charge in [-0.3, -0.25) is 0 Å². The lowest BCUT2D eigenvalue weighted by atomic mass is 9.84. The Bertz CT molecular complexity index is 572. The third kappa shape index (κ3) is 3.51. The van der Waals surface area contributed by atoms with Gasteiger partial charge in [-0.1, -0.05) is 19.9 Å². The van der Waals surface area contributed by atoms with E-state index in [-0.39, 0.29) is 11.1 Å². The summed E-state index contributed by atoms with van der Waals surface area (Å²) in [7, 11) is 0. The van der Waals surface area contributed by atoms with Crippen LogP contribution >= 0.6 is 0 Å². The van der Waals surface area contributed by atoms with Crippen LogP contribution in [0.1, 0.15) is 37.0 Å². The van der Waals surface area contributed by atoms with Crippen molar-refractivity contribution in [2.45, 2.75) is 26.7 Å². The van der Waals surface area contributed by atoms with Crippen LogP contribution in [0.2, 0.25) is 0 Å². The molecule has 0 unspecified atom stereocenters. The van der Waals surface area contributed by atoms with E-state index in [0.29, 0.717) is 13.1 Å². The maximum absolute atomic E-state index is 13.6. The second-order valence-electron chi connectivity index (χ2n) is 6.09. The Morgan fingerprint density at radius 2 is 2.10 bits per heavy atom. The number of urea groups is 1. The summed E-state index contributed by atoms with van der Waals surface area (Å²) in [5, 5.41) is 11.6. The minimum Gasteiger partial charge on any atom is -0.478 e. The Balaban J connectivity index is 2.17. The van der Waals surface area contributed by atoms with Crippen molar-refractivity contribution >= 4 is 17.7 Å². The number of carboxylic acid groups (broad SMARTS) is 1. The summed E-state index contributed by atoms with van der Waals surface area (Å²) in [5.74, 6) is -2.26. The maximum Gasteiger partial charge on any atom is 0.340 e. The van der Waals surface area contributed by atoms with E-state index in [1.54, 1.807) is 4.90 Å². The van der Waals surface area contributed by atoms with Crippen LogP contribution in [-0.2, 0) is 0 Å². The molecular weight excluding hydrogens is 275 g/mol. The van der Waals surface area contributed by atoms with E-state index in [1.165, 1.54) is 12.1 Å². The van der Waals surface area contributed by atoms with Crippen LogP contribution < -0.4 is 5.32 Å². The number of carbonyl (C=O) groups is 2. The van der Waals surface area contributed by atoms with E-state index < -0.39 is 23.4 Å². The van der Waals surface area contributed by atoms with Gasteiger partial charge in [0.2, 0.25) is 0 Å². The number of piperidine rings is 1. The first-order valence-corrected chi connectivity index (χ1v) is 6.88. The summed E-state index contributed by atoms with van der Waals surface area (Å²) in [6, 6.07) is 3.43. The molecule has 1 fully saturated rings. The Hall–Kier alpha value is -2.11. The highest BCUT2D eigenvalue weighted by Crippen LogP contribution is 2.29. The molecule has 2 amide bonds. The number of hydrogen-bond donors (Lipinski definition) is 2. The molecule has 0 aliphatic carbocycles. The lowest BCUT2D eigenvalue weighted by Crippen LogP contribution is -2.45. The van der Waals surface area contributed by atoms with Crippen molar-refractivity contribution in [1.29, 1.82) is 0 Å². The summed E-state index contributed by atoms with van der Waals surface area (Å²) >= 11 is 0.